The van der Waals surface area contributed by atoms with Gasteiger partial charge in [-0.3, -0.25) is 4.79 Å². The third-order valence-corrected chi connectivity index (χ3v) is 3.74. The Morgan fingerprint density at radius 3 is 2.79 bits per heavy atom. The lowest BCUT2D eigenvalue weighted by Gasteiger charge is -2.07. The van der Waals surface area contributed by atoms with Crippen molar-refractivity contribution in [1.82, 2.24) is 19.6 Å². The summed E-state index contributed by atoms with van der Waals surface area (Å²) in [6.45, 7) is 3.80. The van der Waals surface area contributed by atoms with Crippen molar-refractivity contribution >= 4 is 29.0 Å². The van der Waals surface area contributed by atoms with Crippen molar-refractivity contribution in [1.29, 1.82) is 0 Å². The molecule has 1 amide bonds. The summed E-state index contributed by atoms with van der Waals surface area (Å²) in [7, 11) is 1.55. The maximum atomic E-state index is 12.2. The molecule has 0 radical (unpaired) electrons. The molecule has 3 rings (SSSR count). The van der Waals surface area contributed by atoms with E-state index in [4.69, 9.17) is 16.3 Å². The molecule has 0 atom stereocenters. The second-order valence-electron chi connectivity index (χ2n) is 5.35. The topological polar surface area (TPSA) is 81.4 Å². The minimum atomic E-state index is -0.257. The van der Waals surface area contributed by atoms with E-state index < -0.39 is 0 Å². The molecule has 1 N–H and O–H groups in total. The summed E-state index contributed by atoms with van der Waals surface area (Å²) < 4.78 is 6.70. The van der Waals surface area contributed by atoms with Gasteiger partial charge < -0.3 is 10.1 Å². The molecule has 0 aliphatic heterocycles. The predicted octanol–water partition coefficient (Wildman–Crippen LogP) is 2.58. The SMILES string of the molecule is COc1ccc(NC(=O)Cc2nc3nc(C)cc(C)n3n2)c(Cl)c1. The Hall–Kier alpha value is -2.67. The Labute approximate surface area is 143 Å². The lowest BCUT2D eigenvalue weighted by Crippen LogP contribution is -2.15. The number of nitrogens with one attached hydrogen (secondary N) is 1. The second kappa shape index (κ2) is 6.45. The average Bonchev–Trinajstić information content (AvgIpc) is 2.91. The fourth-order valence-electron chi connectivity index (χ4n) is 2.34. The molecule has 0 saturated carbocycles. The molecule has 0 spiro atoms. The summed E-state index contributed by atoms with van der Waals surface area (Å²) in [6.07, 6.45) is 0.0320. The minimum Gasteiger partial charge on any atom is -0.497 e. The Kier molecular flexibility index (Phi) is 4.35. The molecule has 124 valence electrons. The zero-order chi connectivity index (χ0) is 17.3. The third-order valence-electron chi connectivity index (χ3n) is 3.43. The summed E-state index contributed by atoms with van der Waals surface area (Å²) in [4.78, 5) is 20.8. The normalized spacial score (nSPS) is 10.8. The van der Waals surface area contributed by atoms with Crippen LogP contribution in [0, 0.1) is 13.8 Å². The van der Waals surface area contributed by atoms with Crippen LogP contribution in [0.2, 0.25) is 5.02 Å². The summed E-state index contributed by atoms with van der Waals surface area (Å²) >= 11 is 6.12. The van der Waals surface area contributed by atoms with Gasteiger partial charge in [-0.15, -0.1) is 5.10 Å². The van der Waals surface area contributed by atoms with E-state index in [2.05, 4.69) is 20.4 Å². The molecule has 1 aromatic carbocycles. The number of fused-ring (bicyclic) bond motifs is 1. The van der Waals surface area contributed by atoms with E-state index in [-0.39, 0.29) is 12.3 Å². The van der Waals surface area contributed by atoms with Gasteiger partial charge in [-0.1, -0.05) is 11.6 Å². The molecule has 0 bridgehead atoms. The van der Waals surface area contributed by atoms with Crippen molar-refractivity contribution < 1.29 is 9.53 Å². The largest absolute Gasteiger partial charge is 0.497 e. The van der Waals surface area contributed by atoms with Crippen molar-refractivity contribution in [2.75, 3.05) is 12.4 Å². The summed E-state index contributed by atoms with van der Waals surface area (Å²) in [5, 5.41) is 7.46. The first-order chi connectivity index (χ1) is 11.5. The van der Waals surface area contributed by atoms with E-state index in [0.29, 0.717) is 28.1 Å². The monoisotopic (exact) mass is 345 g/mol. The number of carbonyl (C=O) groups is 1. The fraction of sp³-hybridized carbons (Fsp3) is 0.250. The number of aromatic nitrogens is 4. The quantitative estimate of drug-likeness (QED) is 0.786. The van der Waals surface area contributed by atoms with Gasteiger partial charge in [0.1, 0.15) is 5.75 Å². The van der Waals surface area contributed by atoms with Gasteiger partial charge in [-0.25, -0.2) is 9.50 Å². The number of hydrogen-bond acceptors (Lipinski definition) is 5. The van der Waals surface area contributed by atoms with Crippen LogP contribution in [-0.4, -0.2) is 32.6 Å². The molecule has 0 aliphatic carbocycles. The van der Waals surface area contributed by atoms with Crippen molar-refractivity contribution in [2.45, 2.75) is 20.3 Å². The van der Waals surface area contributed by atoms with Crippen molar-refractivity contribution in [3.8, 4) is 5.75 Å². The third kappa shape index (κ3) is 3.30. The molecular formula is C16H16ClN5O2. The molecule has 0 saturated heterocycles. The highest BCUT2D eigenvalue weighted by Gasteiger charge is 2.13. The molecule has 3 aromatic rings. The first-order valence-corrected chi connectivity index (χ1v) is 7.67. The molecule has 8 heteroatoms. The molecule has 0 aliphatic rings. The lowest BCUT2D eigenvalue weighted by molar-refractivity contribution is -0.115. The molecule has 24 heavy (non-hydrogen) atoms. The Morgan fingerprint density at radius 2 is 2.08 bits per heavy atom. The van der Waals surface area contributed by atoms with Crippen LogP contribution in [0.15, 0.2) is 24.3 Å². The number of nitrogens with zero attached hydrogens (tertiary/aromatic N) is 4. The van der Waals surface area contributed by atoms with E-state index in [1.807, 2.05) is 19.9 Å². The molecule has 0 fully saturated rings. The van der Waals surface area contributed by atoms with Gasteiger partial charge in [0.2, 0.25) is 5.91 Å². The van der Waals surface area contributed by atoms with Crippen molar-refractivity contribution in [2.24, 2.45) is 0 Å². The van der Waals surface area contributed by atoms with Gasteiger partial charge >= 0.3 is 0 Å². The number of halogens is 1. The number of carbonyl (C=O) groups excluding carboxylic acids is 1. The zero-order valence-corrected chi connectivity index (χ0v) is 14.3. The summed E-state index contributed by atoms with van der Waals surface area (Å²) in [6, 6.07) is 6.95. The van der Waals surface area contributed by atoms with Gasteiger partial charge in [-0.2, -0.15) is 4.98 Å². The van der Waals surface area contributed by atoms with Crippen molar-refractivity contribution in [3.05, 3.63) is 46.5 Å². The highest BCUT2D eigenvalue weighted by atomic mass is 35.5. The summed E-state index contributed by atoms with van der Waals surface area (Å²) in [5.41, 5.74) is 2.28. The van der Waals surface area contributed by atoms with Crippen LogP contribution in [0.5, 0.6) is 5.75 Å². The van der Waals surface area contributed by atoms with E-state index in [0.717, 1.165) is 11.4 Å². The fourth-order valence-corrected chi connectivity index (χ4v) is 2.56. The number of methoxy groups -OCH3 is 1. The second-order valence-corrected chi connectivity index (χ2v) is 5.76. The highest BCUT2D eigenvalue weighted by molar-refractivity contribution is 6.33. The van der Waals surface area contributed by atoms with Crippen LogP contribution in [0.1, 0.15) is 17.2 Å². The van der Waals surface area contributed by atoms with Gasteiger partial charge in [0.05, 0.1) is 24.2 Å². The smallest absolute Gasteiger partial charge is 0.252 e. The molecular weight excluding hydrogens is 330 g/mol. The maximum absolute atomic E-state index is 12.2. The Bertz CT molecular complexity index is 922. The van der Waals surface area contributed by atoms with E-state index in [1.54, 1.807) is 29.8 Å². The lowest BCUT2D eigenvalue weighted by atomic mass is 10.3. The molecule has 7 nitrogen and oxygen atoms in total. The molecule has 2 aromatic heterocycles. The predicted molar refractivity (Wildman–Crippen MR) is 90.6 cm³/mol. The minimum absolute atomic E-state index is 0.0320. The number of rotatable bonds is 4. The highest BCUT2D eigenvalue weighted by Crippen LogP contribution is 2.26. The average molecular weight is 346 g/mol. The first kappa shape index (κ1) is 16.2. The van der Waals surface area contributed by atoms with Crippen LogP contribution in [0.25, 0.3) is 5.78 Å². The van der Waals surface area contributed by atoms with E-state index >= 15 is 0 Å². The Morgan fingerprint density at radius 1 is 1.29 bits per heavy atom. The maximum Gasteiger partial charge on any atom is 0.252 e. The first-order valence-electron chi connectivity index (χ1n) is 7.29. The van der Waals surface area contributed by atoms with Crippen molar-refractivity contribution in [3.63, 3.8) is 0 Å². The number of benzene rings is 1. The van der Waals surface area contributed by atoms with Crippen LogP contribution in [-0.2, 0) is 11.2 Å². The number of hydrogen-bond donors (Lipinski definition) is 1. The Balaban J connectivity index is 1.76. The van der Waals surface area contributed by atoms with E-state index in [1.165, 1.54) is 0 Å². The van der Waals surface area contributed by atoms with Gasteiger partial charge in [0.25, 0.3) is 5.78 Å². The van der Waals surface area contributed by atoms with E-state index in [9.17, 15) is 4.79 Å². The number of amides is 1. The van der Waals surface area contributed by atoms with Gasteiger partial charge in [-0.05, 0) is 32.0 Å². The molecule has 0 unspecified atom stereocenters. The molecule has 2 heterocycles. The summed E-state index contributed by atoms with van der Waals surface area (Å²) in [5.74, 6) is 1.25. The van der Waals surface area contributed by atoms with Gasteiger partial charge in [0, 0.05) is 17.5 Å². The van der Waals surface area contributed by atoms with Gasteiger partial charge in [0.15, 0.2) is 5.82 Å². The van der Waals surface area contributed by atoms with Crippen LogP contribution in [0.3, 0.4) is 0 Å². The van der Waals surface area contributed by atoms with Crippen LogP contribution < -0.4 is 10.1 Å². The number of anilines is 1. The zero-order valence-electron chi connectivity index (χ0n) is 13.5. The standard InChI is InChI=1S/C16H16ClN5O2/c1-9-6-10(2)22-16(18-9)20-14(21-22)8-15(23)19-13-5-4-11(24-3)7-12(13)17/h4-7H,8H2,1-3H3,(H,19,23). The number of aryl methyl sites for hydroxylation is 2. The van der Waals surface area contributed by atoms with Crippen LogP contribution >= 0.6 is 11.6 Å². The number of ether oxygens (including phenoxy) is 1. The van der Waals surface area contributed by atoms with Crippen LogP contribution in [0.4, 0.5) is 5.69 Å².